The van der Waals surface area contributed by atoms with Crippen LogP contribution in [-0.4, -0.2) is 24.0 Å². The molecule has 1 amide bonds. The van der Waals surface area contributed by atoms with Crippen molar-refractivity contribution >= 4 is 5.91 Å². The minimum atomic E-state index is -0.319. The van der Waals surface area contributed by atoms with E-state index < -0.39 is 0 Å². The van der Waals surface area contributed by atoms with Gasteiger partial charge in [0, 0.05) is 6.04 Å². The van der Waals surface area contributed by atoms with E-state index in [1.54, 1.807) is 0 Å². The highest BCUT2D eigenvalue weighted by atomic mass is 16.2. The van der Waals surface area contributed by atoms with Gasteiger partial charge in [0.1, 0.15) is 0 Å². The highest BCUT2D eigenvalue weighted by Crippen LogP contribution is 2.21. The lowest BCUT2D eigenvalue weighted by atomic mass is 9.89. The number of hydrogen-bond donors (Lipinski definition) is 2. The molecule has 0 aromatic carbocycles. The molecule has 0 aromatic rings. The van der Waals surface area contributed by atoms with Crippen molar-refractivity contribution in [2.45, 2.75) is 82.7 Å². The Kier molecular flexibility index (Phi) is 5.04. The van der Waals surface area contributed by atoms with Crippen LogP contribution in [0.25, 0.3) is 0 Å². The third-order valence-corrected chi connectivity index (χ3v) is 4.56. The monoisotopic (exact) mass is 252 g/mol. The zero-order valence-corrected chi connectivity index (χ0v) is 11.8. The van der Waals surface area contributed by atoms with Crippen LogP contribution in [0.4, 0.5) is 0 Å². The van der Waals surface area contributed by atoms with Gasteiger partial charge in [0.05, 0.1) is 5.54 Å². The van der Waals surface area contributed by atoms with Gasteiger partial charge in [-0.1, -0.05) is 32.1 Å². The fraction of sp³-hybridized carbons (Fsp3) is 0.933. The van der Waals surface area contributed by atoms with Gasteiger partial charge < -0.3 is 10.6 Å². The Labute approximate surface area is 111 Å². The number of rotatable bonds is 2. The highest BCUT2D eigenvalue weighted by molar-refractivity contribution is 5.86. The van der Waals surface area contributed by atoms with Crippen LogP contribution in [-0.2, 0) is 4.79 Å². The van der Waals surface area contributed by atoms with Crippen LogP contribution in [0.5, 0.6) is 0 Å². The predicted octanol–water partition coefficient (Wildman–Crippen LogP) is 2.75. The van der Waals surface area contributed by atoms with Gasteiger partial charge in [-0.2, -0.15) is 0 Å². The molecule has 3 nitrogen and oxygen atoms in total. The molecule has 0 aromatic heterocycles. The molecule has 0 radical (unpaired) electrons. The van der Waals surface area contributed by atoms with Gasteiger partial charge in [-0.05, 0) is 45.6 Å². The Hall–Kier alpha value is -0.570. The Morgan fingerprint density at radius 3 is 2.33 bits per heavy atom. The first kappa shape index (κ1) is 13.9. The molecular weight excluding hydrogens is 224 g/mol. The first-order valence-corrected chi connectivity index (χ1v) is 7.77. The molecule has 3 heteroatoms. The van der Waals surface area contributed by atoms with E-state index in [-0.39, 0.29) is 11.4 Å². The zero-order chi connectivity index (χ0) is 12.8. The second-order valence-corrected chi connectivity index (χ2v) is 6.23. The van der Waals surface area contributed by atoms with Crippen LogP contribution in [0.2, 0.25) is 0 Å². The number of piperidine rings is 1. The maximum Gasteiger partial charge on any atom is 0.240 e. The zero-order valence-electron chi connectivity index (χ0n) is 11.8. The molecule has 1 unspecified atom stereocenters. The first-order chi connectivity index (χ1) is 8.71. The summed E-state index contributed by atoms with van der Waals surface area (Å²) in [4.78, 5) is 12.4. The maximum absolute atomic E-state index is 12.4. The van der Waals surface area contributed by atoms with Crippen LogP contribution in [0.3, 0.4) is 0 Å². The predicted molar refractivity (Wildman–Crippen MR) is 74.5 cm³/mol. The van der Waals surface area contributed by atoms with Crippen molar-refractivity contribution in [3.05, 3.63) is 0 Å². The molecule has 1 atom stereocenters. The third-order valence-electron chi connectivity index (χ3n) is 4.56. The Balaban J connectivity index is 1.84. The van der Waals surface area contributed by atoms with Crippen LogP contribution in [0, 0.1) is 0 Å². The third kappa shape index (κ3) is 3.71. The standard InChI is InChI=1S/C15H28N2O/c1-15(11-7-8-12-16-15)14(18)17-13-9-5-3-2-4-6-10-13/h13,16H,2-12H2,1H3,(H,17,18). The van der Waals surface area contributed by atoms with Crippen molar-refractivity contribution in [3.8, 4) is 0 Å². The molecule has 1 saturated heterocycles. The van der Waals surface area contributed by atoms with Gasteiger partial charge in [0.2, 0.25) is 5.91 Å². The summed E-state index contributed by atoms with van der Waals surface area (Å²) in [6.07, 6.45) is 12.3. The van der Waals surface area contributed by atoms with E-state index >= 15 is 0 Å². The van der Waals surface area contributed by atoms with Gasteiger partial charge in [0.25, 0.3) is 0 Å². The average Bonchev–Trinajstić information content (AvgIpc) is 2.33. The molecule has 18 heavy (non-hydrogen) atoms. The molecule has 2 fully saturated rings. The minimum absolute atomic E-state index is 0.229. The van der Waals surface area contributed by atoms with Crippen LogP contribution in [0.1, 0.15) is 71.1 Å². The van der Waals surface area contributed by atoms with E-state index in [1.807, 2.05) is 0 Å². The molecule has 2 rings (SSSR count). The quantitative estimate of drug-likeness (QED) is 0.793. The largest absolute Gasteiger partial charge is 0.352 e. The van der Waals surface area contributed by atoms with Crippen LogP contribution in [0.15, 0.2) is 0 Å². The Morgan fingerprint density at radius 1 is 1.06 bits per heavy atom. The van der Waals surface area contributed by atoms with E-state index in [0.29, 0.717) is 6.04 Å². The minimum Gasteiger partial charge on any atom is -0.352 e. The molecule has 1 aliphatic heterocycles. The van der Waals surface area contributed by atoms with Gasteiger partial charge in [0.15, 0.2) is 0 Å². The van der Waals surface area contributed by atoms with Crippen molar-refractivity contribution in [2.75, 3.05) is 6.54 Å². The second kappa shape index (κ2) is 6.55. The lowest BCUT2D eigenvalue weighted by Crippen LogP contribution is -2.58. The fourth-order valence-corrected chi connectivity index (χ4v) is 3.20. The molecule has 2 aliphatic rings. The highest BCUT2D eigenvalue weighted by Gasteiger charge is 2.35. The van der Waals surface area contributed by atoms with Crippen molar-refractivity contribution in [3.63, 3.8) is 0 Å². The van der Waals surface area contributed by atoms with Gasteiger partial charge in [-0.25, -0.2) is 0 Å². The SMILES string of the molecule is CC1(C(=O)NC2CCCCCCC2)CCCCN1. The molecular formula is C15H28N2O. The van der Waals surface area contributed by atoms with E-state index in [2.05, 4.69) is 17.6 Å². The lowest BCUT2D eigenvalue weighted by molar-refractivity contribution is -0.128. The molecule has 0 spiro atoms. The summed E-state index contributed by atoms with van der Waals surface area (Å²) >= 11 is 0. The molecule has 1 heterocycles. The van der Waals surface area contributed by atoms with E-state index in [4.69, 9.17) is 0 Å². The van der Waals surface area contributed by atoms with Crippen molar-refractivity contribution in [2.24, 2.45) is 0 Å². The number of carbonyl (C=O) groups excluding carboxylic acids is 1. The maximum atomic E-state index is 12.4. The van der Waals surface area contributed by atoms with Crippen LogP contribution < -0.4 is 10.6 Å². The van der Waals surface area contributed by atoms with Crippen molar-refractivity contribution in [1.29, 1.82) is 0 Å². The molecule has 1 aliphatic carbocycles. The number of nitrogens with one attached hydrogen (secondary N) is 2. The van der Waals surface area contributed by atoms with E-state index in [1.165, 1.54) is 57.8 Å². The van der Waals surface area contributed by atoms with Gasteiger partial charge in [-0.3, -0.25) is 4.79 Å². The van der Waals surface area contributed by atoms with Gasteiger partial charge >= 0.3 is 0 Å². The summed E-state index contributed by atoms with van der Waals surface area (Å²) in [6.45, 7) is 3.04. The molecule has 104 valence electrons. The lowest BCUT2D eigenvalue weighted by Gasteiger charge is -2.35. The second-order valence-electron chi connectivity index (χ2n) is 6.23. The van der Waals surface area contributed by atoms with E-state index in [9.17, 15) is 4.79 Å². The fourth-order valence-electron chi connectivity index (χ4n) is 3.20. The van der Waals surface area contributed by atoms with Crippen LogP contribution >= 0.6 is 0 Å². The van der Waals surface area contributed by atoms with Crippen molar-refractivity contribution in [1.82, 2.24) is 10.6 Å². The smallest absolute Gasteiger partial charge is 0.240 e. The molecule has 1 saturated carbocycles. The number of hydrogen-bond acceptors (Lipinski definition) is 2. The number of carbonyl (C=O) groups is 1. The Bertz CT molecular complexity index is 264. The summed E-state index contributed by atoms with van der Waals surface area (Å²) in [6, 6.07) is 0.415. The summed E-state index contributed by atoms with van der Waals surface area (Å²) in [5.41, 5.74) is -0.319. The summed E-state index contributed by atoms with van der Waals surface area (Å²) < 4.78 is 0. The van der Waals surface area contributed by atoms with Gasteiger partial charge in [-0.15, -0.1) is 0 Å². The Morgan fingerprint density at radius 2 is 1.72 bits per heavy atom. The van der Waals surface area contributed by atoms with E-state index in [0.717, 1.165) is 13.0 Å². The number of amides is 1. The first-order valence-electron chi connectivity index (χ1n) is 7.77. The van der Waals surface area contributed by atoms with Crippen molar-refractivity contribution < 1.29 is 4.79 Å². The normalized spacial score (nSPS) is 31.4. The topological polar surface area (TPSA) is 41.1 Å². The summed E-state index contributed by atoms with van der Waals surface area (Å²) in [5.74, 6) is 0.229. The average molecular weight is 252 g/mol. The molecule has 0 bridgehead atoms. The molecule has 2 N–H and O–H groups in total. The summed E-state index contributed by atoms with van der Waals surface area (Å²) in [5, 5.41) is 6.70. The summed E-state index contributed by atoms with van der Waals surface area (Å²) in [7, 11) is 0.